The summed E-state index contributed by atoms with van der Waals surface area (Å²) in [6.07, 6.45) is 2.65. The predicted molar refractivity (Wildman–Crippen MR) is 94.2 cm³/mol. The summed E-state index contributed by atoms with van der Waals surface area (Å²) in [6.45, 7) is 8.95. The van der Waals surface area contributed by atoms with Gasteiger partial charge in [-0.2, -0.15) is 0 Å². The van der Waals surface area contributed by atoms with Crippen LogP contribution in [0.1, 0.15) is 30.9 Å². The number of hydrogen-bond acceptors (Lipinski definition) is 2. The highest BCUT2D eigenvalue weighted by Crippen LogP contribution is 2.14. The Morgan fingerprint density at radius 1 is 1.39 bits per heavy atom. The molecule has 0 amide bonds. The van der Waals surface area contributed by atoms with E-state index in [2.05, 4.69) is 27.4 Å². The number of aryl methyl sites for hydroxylation is 1. The van der Waals surface area contributed by atoms with E-state index in [0.29, 0.717) is 12.1 Å². The van der Waals surface area contributed by atoms with Gasteiger partial charge in [-0.1, -0.05) is 19.1 Å². The molecule has 2 N–H and O–H groups in total. The number of benzene rings is 1. The van der Waals surface area contributed by atoms with Gasteiger partial charge in [0.2, 0.25) is 0 Å². The molecule has 1 aliphatic rings. The van der Waals surface area contributed by atoms with Crippen LogP contribution >= 0.6 is 0 Å². The molecule has 1 fully saturated rings. The Bertz CT molecular complexity index is 530. The average molecular weight is 320 g/mol. The molecule has 5 heteroatoms. The van der Waals surface area contributed by atoms with Crippen molar-refractivity contribution in [3.8, 4) is 0 Å². The van der Waals surface area contributed by atoms with Gasteiger partial charge in [0.15, 0.2) is 5.96 Å². The zero-order valence-corrected chi connectivity index (χ0v) is 14.5. The quantitative estimate of drug-likeness (QED) is 0.647. The molecule has 0 aromatic heterocycles. The summed E-state index contributed by atoms with van der Waals surface area (Å²) in [5.74, 6) is 1.40. The number of guanidine groups is 1. The highest BCUT2D eigenvalue weighted by atomic mass is 19.1. The Morgan fingerprint density at radius 2 is 2.22 bits per heavy atom. The summed E-state index contributed by atoms with van der Waals surface area (Å²) in [6, 6.07) is 5.32. The second-order valence-corrected chi connectivity index (χ2v) is 6.48. The van der Waals surface area contributed by atoms with E-state index in [1.54, 1.807) is 26.1 Å². The molecule has 0 saturated carbocycles. The summed E-state index contributed by atoms with van der Waals surface area (Å²) < 4.78 is 13.5. The van der Waals surface area contributed by atoms with Crippen LogP contribution in [0.5, 0.6) is 0 Å². The van der Waals surface area contributed by atoms with Crippen molar-refractivity contribution in [1.29, 1.82) is 0 Å². The second-order valence-electron chi connectivity index (χ2n) is 6.48. The van der Waals surface area contributed by atoms with Crippen molar-refractivity contribution >= 4 is 5.96 Å². The minimum atomic E-state index is -0.161. The summed E-state index contributed by atoms with van der Waals surface area (Å²) in [4.78, 5) is 6.73. The normalized spacial score (nSPS) is 19.7. The zero-order valence-electron chi connectivity index (χ0n) is 14.5. The summed E-state index contributed by atoms with van der Waals surface area (Å²) in [5, 5.41) is 6.56. The molecule has 1 heterocycles. The molecule has 2 rings (SSSR count). The molecule has 4 nitrogen and oxygen atoms in total. The van der Waals surface area contributed by atoms with Crippen molar-refractivity contribution in [1.82, 2.24) is 15.5 Å². The van der Waals surface area contributed by atoms with Gasteiger partial charge in [-0.15, -0.1) is 0 Å². The van der Waals surface area contributed by atoms with Gasteiger partial charge >= 0.3 is 0 Å². The maximum Gasteiger partial charge on any atom is 0.191 e. The SMILES string of the molecule is CN=C(NCCN1CCCC(C)C1)NCc1ccc(C)c(F)c1. The van der Waals surface area contributed by atoms with Crippen molar-refractivity contribution in [2.45, 2.75) is 33.2 Å². The lowest BCUT2D eigenvalue weighted by Crippen LogP contribution is -2.43. The third kappa shape index (κ3) is 5.82. The fourth-order valence-electron chi connectivity index (χ4n) is 2.97. The standard InChI is InChI=1S/C18H29FN4/c1-14-5-4-9-23(13-14)10-8-21-18(20-3)22-12-16-7-6-15(2)17(19)11-16/h6-7,11,14H,4-5,8-10,12-13H2,1-3H3,(H2,20,21,22). The van der Waals surface area contributed by atoms with Crippen LogP contribution in [0.25, 0.3) is 0 Å². The highest BCUT2D eigenvalue weighted by Gasteiger charge is 2.15. The number of piperidine rings is 1. The van der Waals surface area contributed by atoms with Gasteiger partial charge in [-0.05, 0) is 49.4 Å². The zero-order chi connectivity index (χ0) is 16.7. The molecular formula is C18H29FN4. The number of likely N-dealkylation sites (tertiary alicyclic amines) is 1. The van der Waals surface area contributed by atoms with Crippen LogP contribution in [0.2, 0.25) is 0 Å². The molecule has 1 atom stereocenters. The van der Waals surface area contributed by atoms with Crippen molar-refractivity contribution in [3.63, 3.8) is 0 Å². The number of hydrogen-bond donors (Lipinski definition) is 2. The molecule has 1 aromatic carbocycles. The monoisotopic (exact) mass is 320 g/mol. The van der Waals surface area contributed by atoms with Gasteiger partial charge in [0.25, 0.3) is 0 Å². The van der Waals surface area contributed by atoms with E-state index in [1.807, 2.05) is 6.07 Å². The number of nitrogens with zero attached hydrogens (tertiary/aromatic N) is 2. The van der Waals surface area contributed by atoms with E-state index >= 15 is 0 Å². The van der Waals surface area contributed by atoms with Crippen LogP contribution < -0.4 is 10.6 Å². The minimum absolute atomic E-state index is 0.161. The Kier molecular flexibility index (Phi) is 6.84. The molecule has 23 heavy (non-hydrogen) atoms. The lowest BCUT2D eigenvalue weighted by atomic mass is 10.0. The molecule has 1 aliphatic heterocycles. The van der Waals surface area contributed by atoms with Crippen molar-refractivity contribution in [2.75, 3.05) is 33.2 Å². The third-order valence-electron chi connectivity index (χ3n) is 4.38. The molecule has 128 valence electrons. The Hall–Kier alpha value is -1.62. The highest BCUT2D eigenvalue weighted by molar-refractivity contribution is 5.79. The van der Waals surface area contributed by atoms with Crippen LogP contribution in [0.4, 0.5) is 4.39 Å². The summed E-state index contributed by atoms with van der Waals surface area (Å²) >= 11 is 0. The first-order valence-corrected chi connectivity index (χ1v) is 8.50. The van der Waals surface area contributed by atoms with Crippen LogP contribution in [-0.2, 0) is 6.54 Å². The van der Waals surface area contributed by atoms with E-state index in [0.717, 1.165) is 30.5 Å². The van der Waals surface area contributed by atoms with E-state index in [4.69, 9.17) is 0 Å². The molecule has 0 aliphatic carbocycles. The maximum absolute atomic E-state index is 13.5. The summed E-state index contributed by atoms with van der Waals surface area (Å²) in [5.41, 5.74) is 1.59. The molecule has 0 radical (unpaired) electrons. The third-order valence-corrected chi connectivity index (χ3v) is 4.38. The number of aliphatic imine (C=N–C) groups is 1. The average Bonchev–Trinajstić information content (AvgIpc) is 2.54. The van der Waals surface area contributed by atoms with E-state index in [1.165, 1.54) is 25.9 Å². The largest absolute Gasteiger partial charge is 0.355 e. The molecule has 1 unspecified atom stereocenters. The van der Waals surface area contributed by atoms with Crippen molar-refractivity contribution < 1.29 is 4.39 Å². The Labute approximate surface area is 139 Å². The smallest absolute Gasteiger partial charge is 0.191 e. The number of nitrogens with one attached hydrogen (secondary N) is 2. The van der Waals surface area contributed by atoms with Crippen LogP contribution in [-0.4, -0.2) is 44.1 Å². The van der Waals surface area contributed by atoms with Gasteiger partial charge in [-0.25, -0.2) is 4.39 Å². The molecule has 0 spiro atoms. The maximum atomic E-state index is 13.5. The fourth-order valence-corrected chi connectivity index (χ4v) is 2.97. The van der Waals surface area contributed by atoms with Gasteiger partial charge in [-0.3, -0.25) is 4.99 Å². The molecule has 0 bridgehead atoms. The Morgan fingerprint density at radius 3 is 2.91 bits per heavy atom. The van der Waals surface area contributed by atoms with Crippen molar-refractivity contribution in [3.05, 3.63) is 35.1 Å². The van der Waals surface area contributed by atoms with Crippen LogP contribution in [0.3, 0.4) is 0 Å². The first-order valence-electron chi connectivity index (χ1n) is 8.50. The topological polar surface area (TPSA) is 39.7 Å². The predicted octanol–water partition coefficient (Wildman–Crippen LogP) is 2.53. The lowest BCUT2D eigenvalue weighted by Gasteiger charge is -2.30. The summed E-state index contributed by atoms with van der Waals surface area (Å²) in [7, 11) is 1.76. The van der Waals surface area contributed by atoms with Gasteiger partial charge in [0.1, 0.15) is 5.82 Å². The Balaban J connectivity index is 1.71. The first-order chi connectivity index (χ1) is 11.1. The van der Waals surface area contributed by atoms with E-state index in [9.17, 15) is 4.39 Å². The van der Waals surface area contributed by atoms with Crippen LogP contribution in [0.15, 0.2) is 23.2 Å². The molecule has 1 saturated heterocycles. The van der Waals surface area contributed by atoms with Crippen LogP contribution in [0, 0.1) is 18.7 Å². The van der Waals surface area contributed by atoms with E-state index in [-0.39, 0.29) is 5.82 Å². The number of halogens is 1. The van der Waals surface area contributed by atoms with Gasteiger partial charge < -0.3 is 15.5 Å². The molecular weight excluding hydrogens is 291 g/mol. The first kappa shape index (κ1) is 17.7. The number of rotatable bonds is 5. The van der Waals surface area contributed by atoms with Gasteiger partial charge in [0.05, 0.1) is 0 Å². The van der Waals surface area contributed by atoms with E-state index < -0.39 is 0 Å². The minimum Gasteiger partial charge on any atom is -0.355 e. The fraction of sp³-hybridized carbons (Fsp3) is 0.611. The van der Waals surface area contributed by atoms with Crippen molar-refractivity contribution in [2.24, 2.45) is 10.9 Å². The second kappa shape index (κ2) is 8.87. The lowest BCUT2D eigenvalue weighted by molar-refractivity contribution is 0.187. The molecule has 1 aromatic rings. The van der Waals surface area contributed by atoms with Gasteiger partial charge in [0, 0.05) is 33.2 Å².